The standard InChI is InChI=1S/C25H23BrN2O5/c1-16-6-7-17(2)25(18(16)3)32-15-23(29)28-27-14-19-13-20(26)8-10-22(19)33-24(30)11-9-21-5-4-12-31-21/h4-14H,15H2,1-3H3,(H,28,29)/b11-9-,27-14+. The van der Waals surface area contributed by atoms with Gasteiger partial charge in [0.1, 0.15) is 17.3 Å². The summed E-state index contributed by atoms with van der Waals surface area (Å²) < 4.78 is 17.0. The lowest BCUT2D eigenvalue weighted by Gasteiger charge is -2.13. The van der Waals surface area contributed by atoms with E-state index in [1.165, 1.54) is 24.6 Å². The molecule has 1 N–H and O–H groups in total. The molecule has 0 saturated carbocycles. The second kappa shape index (κ2) is 11.3. The normalized spacial score (nSPS) is 11.2. The molecule has 0 aliphatic carbocycles. The van der Waals surface area contributed by atoms with Gasteiger partial charge in [-0.05, 0) is 73.9 Å². The predicted octanol–water partition coefficient (Wildman–Crippen LogP) is 5.12. The maximum Gasteiger partial charge on any atom is 0.336 e. The smallest absolute Gasteiger partial charge is 0.336 e. The molecule has 0 spiro atoms. The van der Waals surface area contributed by atoms with Crippen LogP contribution in [-0.4, -0.2) is 24.7 Å². The van der Waals surface area contributed by atoms with Crippen molar-refractivity contribution in [3.8, 4) is 11.5 Å². The maximum atomic E-state index is 12.2. The molecule has 0 aliphatic heterocycles. The van der Waals surface area contributed by atoms with Crippen LogP contribution in [0.1, 0.15) is 28.0 Å². The van der Waals surface area contributed by atoms with Gasteiger partial charge in [-0.3, -0.25) is 4.79 Å². The number of ether oxygens (including phenoxy) is 2. The minimum absolute atomic E-state index is 0.180. The summed E-state index contributed by atoms with van der Waals surface area (Å²) in [4.78, 5) is 24.3. The monoisotopic (exact) mass is 510 g/mol. The first-order valence-electron chi connectivity index (χ1n) is 10.1. The highest BCUT2D eigenvalue weighted by Crippen LogP contribution is 2.25. The Morgan fingerprint density at radius 1 is 1.12 bits per heavy atom. The molecule has 0 unspecified atom stereocenters. The number of hydrogen-bond donors (Lipinski definition) is 1. The van der Waals surface area contributed by atoms with Crippen molar-refractivity contribution in [2.24, 2.45) is 5.10 Å². The van der Waals surface area contributed by atoms with Gasteiger partial charge in [0.15, 0.2) is 6.61 Å². The van der Waals surface area contributed by atoms with Crippen LogP contribution in [-0.2, 0) is 9.59 Å². The summed E-state index contributed by atoms with van der Waals surface area (Å²) in [6.45, 7) is 5.69. The Bertz CT molecular complexity index is 1200. The van der Waals surface area contributed by atoms with Crippen LogP contribution in [0.3, 0.4) is 0 Å². The molecule has 1 amide bonds. The summed E-state index contributed by atoms with van der Waals surface area (Å²) in [7, 11) is 0. The molecule has 170 valence electrons. The van der Waals surface area contributed by atoms with Crippen molar-refractivity contribution < 1.29 is 23.5 Å². The number of hydrogen-bond acceptors (Lipinski definition) is 6. The van der Waals surface area contributed by atoms with E-state index in [1.807, 2.05) is 32.9 Å². The molecule has 3 aromatic rings. The zero-order chi connectivity index (χ0) is 23.8. The Morgan fingerprint density at radius 2 is 1.91 bits per heavy atom. The second-order valence-electron chi connectivity index (χ2n) is 7.19. The second-order valence-corrected chi connectivity index (χ2v) is 8.10. The topological polar surface area (TPSA) is 90.1 Å². The van der Waals surface area contributed by atoms with E-state index in [1.54, 1.807) is 30.3 Å². The molecule has 33 heavy (non-hydrogen) atoms. The van der Waals surface area contributed by atoms with E-state index in [-0.39, 0.29) is 12.4 Å². The molecule has 3 rings (SSSR count). The van der Waals surface area contributed by atoms with Crippen LogP contribution in [0.4, 0.5) is 0 Å². The maximum absolute atomic E-state index is 12.2. The van der Waals surface area contributed by atoms with E-state index in [9.17, 15) is 9.59 Å². The van der Waals surface area contributed by atoms with E-state index in [2.05, 4.69) is 26.5 Å². The first-order chi connectivity index (χ1) is 15.8. The van der Waals surface area contributed by atoms with Crippen LogP contribution in [0.15, 0.2) is 68.8 Å². The number of esters is 1. The number of nitrogens with zero attached hydrogens (tertiary/aromatic N) is 1. The van der Waals surface area contributed by atoms with Crippen LogP contribution in [0.5, 0.6) is 11.5 Å². The number of nitrogens with one attached hydrogen (secondary N) is 1. The van der Waals surface area contributed by atoms with Crippen LogP contribution >= 0.6 is 15.9 Å². The Hall–Kier alpha value is -3.65. The van der Waals surface area contributed by atoms with Gasteiger partial charge in [0, 0.05) is 16.1 Å². The molecule has 2 aromatic carbocycles. The van der Waals surface area contributed by atoms with Gasteiger partial charge in [-0.15, -0.1) is 0 Å². The molecule has 0 bridgehead atoms. The Morgan fingerprint density at radius 3 is 2.67 bits per heavy atom. The number of amides is 1. The molecule has 0 saturated heterocycles. The minimum atomic E-state index is -0.579. The Balaban J connectivity index is 1.60. The van der Waals surface area contributed by atoms with Crippen LogP contribution in [0.25, 0.3) is 6.08 Å². The number of benzene rings is 2. The van der Waals surface area contributed by atoms with Crippen molar-refractivity contribution in [1.29, 1.82) is 0 Å². The summed E-state index contributed by atoms with van der Waals surface area (Å²) in [5.74, 6) is 0.516. The van der Waals surface area contributed by atoms with Crippen molar-refractivity contribution in [1.82, 2.24) is 5.43 Å². The van der Waals surface area contributed by atoms with Gasteiger partial charge in [-0.25, -0.2) is 10.2 Å². The fourth-order valence-electron chi connectivity index (χ4n) is 2.88. The predicted molar refractivity (Wildman–Crippen MR) is 129 cm³/mol. The number of aryl methyl sites for hydroxylation is 2. The third-order valence-electron chi connectivity index (χ3n) is 4.72. The van der Waals surface area contributed by atoms with Crippen molar-refractivity contribution >= 4 is 40.1 Å². The Kier molecular flexibility index (Phi) is 8.21. The SMILES string of the molecule is Cc1ccc(C)c(OCC(=O)N/N=C/c2cc(Br)ccc2OC(=O)/C=C\c2ccco2)c1C. The highest BCUT2D eigenvalue weighted by molar-refractivity contribution is 9.10. The lowest BCUT2D eigenvalue weighted by atomic mass is 10.1. The fourth-order valence-corrected chi connectivity index (χ4v) is 3.26. The zero-order valence-electron chi connectivity index (χ0n) is 18.4. The molecule has 1 aromatic heterocycles. The van der Waals surface area contributed by atoms with Crippen molar-refractivity contribution in [3.63, 3.8) is 0 Å². The lowest BCUT2D eigenvalue weighted by molar-refractivity contribution is -0.129. The quantitative estimate of drug-likeness (QED) is 0.149. The van der Waals surface area contributed by atoms with E-state index in [0.29, 0.717) is 17.1 Å². The van der Waals surface area contributed by atoms with E-state index >= 15 is 0 Å². The van der Waals surface area contributed by atoms with Gasteiger partial charge in [-0.2, -0.15) is 5.10 Å². The first kappa shape index (κ1) is 24.0. The third-order valence-corrected chi connectivity index (χ3v) is 5.22. The zero-order valence-corrected chi connectivity index (χ0v) is 20.0. The highest BCUT2D eigenvalue weighted by atomic mass is 79.9. The number of carbonyl (C=O) groups is 2. The summed E-state index contributed by atoms with van der Waals surface area (Å²) in [5.41, 5.74) is 5.95. The van der Waals surface area contributed by atoms with E-state index in [4.69, 9.17) is 13.9 Å². The lowest BCUT2D eigenvalue weighted by Crippen LogP contribution is -2.25. The third kappa shape index (κ3) is 6.92. The molecule has 7 nitrogen and oxygen atoms in total. The van der Waals surface area contributed by atoms with E-state index < -0.39 is 11.9 Å². The summed E-state index contributed by atoms with van der Waals surface area (Å²) in [5, 5.41) is 3.96. The number of furan rings is 1. The van der Waals surface area contributed by atoms with Gasteiger partial charge >= 0.3 is 5.97 Å². The van der Waals surface area contributed by atoms with Crippen LogP contribution in [0.2, 0.25) is 0 Å². The number of hydrazone groups is 1. The highest BCUT2D eigenvalue weighted by Gasteiger charge is 2.10. The molecule has 0 aliphatic rings. The molecule has 0 atom stereocenters. The van der Waals surface area contributed by atoms with Crippen LogP contribution < -0.4 is 14.9 Å². The van der Waals surface area contributed by atoms with Gasteiger partial charge in [0.25, 0.3) is 5.91 Å². The number of carbonyl (C=O) groups excluding carboxylic acids is 2. The average molecular weight is 511 g/mol. The molecular weight excluding hydrogens is 488 g/mol. The number of halogens is 1. The largest absolute Gasteiger partial charge is 0.483 e. The van der Waals surface area contributed by atoms with Crippen molar-refractivity contribution in [2.75, 3.05) is 6.61 Å². The molecular formula is C25H23BrN2O5. The van der Waals surface area contributed by atoms with Gasteiger partial charge < -0.3 is 13.9 Å². The summed E-state index contributed by atoms with van der Waals surface area (Å²) in [6.07, 6.45) is 5.67. The van der Waals surface area contributed by atoms with E-state index in [0.717, 1.165) is 21.2 Å². The average Bonchev–Trinajstić information content (AvgIpc) is 3.30. The molecule has 1 heterocycles. The van der Waals surface area contributed by atoms with Gasteiger partial charge in [0.2, 0.25) is 0 Å². The fraction of sp³-hybridized carbons (Fsp3) is 0.160. The van der Waals surface area contributed by atoms with Crippen LogP contribution in [0, 0.1) is 20.8 Å². The number of rotatable bonds is 8. The van der Waals surface area contributed by atoms with Crippen molar-refractivity contribution in [2.45, 2.75) is 20.8 Å². The molecule has 8 heteroatoms. The van der Waals surface area contributed by atoms with Gasteiger partial charge in [0.05, 0.1) is 12.5 Å². The van der Waals surface area contributed by atoms with Crippen molar-refractivity contribution in [3.05, 3.63) is 87.3 Å². The first-order valence-corrected chi connectivity index (χ1v) is 10.9. The summed E-state index contributed by atoms with van der Waals surface area (Å²) >= 11 is 3.37. The van der Waals surface area contributed by atoms with Gasteiger partial charge in [-0.1, -0.05) is 28.1 Å². The summed E-state index contributed by atoms with van der Waals surface area (Å²) in [6, 6.07) is 12.5. The molecule has 0 radical (unpaired) electrons. The Labute approximate surface area is 200 Å². The molecule has 0 fully saturated rings. The minimum Gasteiger partial charge on any atom is -0.483 e.